The third-order valence-electron chi connectivity index (χ3n) is 2.63. The Hall–Kier alpha value is -2.44. The van der Waals surface area contributed by atoms with E-state index in [-0.39, 0.29) is 23.6 Å². The third kappa shape index (κ3) is 4.34. The molecule has 0 aliphatic heterocycles. The van der Waals surface area contributed by atoms with Gasteiger partial charge in [0, 0.05) is 17.7 Å². The molecule has 1 amide bonds. The molecule has 1 atom stereocenters. The molecular formula is C13H16N2O5. The van der Waals surface area contributed by atoms with Crippen LogP contribution >= 0.6 is 0 Å². The van der Waals surface area contributed by atoms with Gasteiger partial charge >= 0.3 is 5.97 Å². The van der Waals surface area contributed by atoms with E-state index in [4.69, 9.17) is 5.11 Å². The molecule has 1 aromatic rings. The number of aliphatic carboxylic acids is 1. The Morgan fingerprint density at radius 3 is 2.55 bits per heavy atom. The van der Waals surface area contributed by atoms with Gasteiger partial charge in [0.1, 0.15) is 6.04 Å². The van der Waals surface area contributed by atoms with Crippen LogP contribution in [0.3, 0.4) is 0 Å². The maximum absolute atomic E-state index is 11.9. The zero-order chi connectivity index (χ0) is 15.3. The molecule has 0 saturated heterocycles. The van der Waals surface area contributed by atoms with Crippen LogP contribution in [-0.2, 0) is 4.79 Å². The van der Waals surface area contributed by atoms with Gasteiger partial charge in [-0.05, 0) is 18.4 Å². The lowest BCUT2D eigenvalue weighted by Crippen LogP contribution is -2.41. The van der Waals surface area contributed by atoms with Gasteiger partial charge in [0.2, 0.25) is 0 Å². The van der Waals surface area contributed by atoms with Crippen LogP contribution in [0.2, 0.25) is 0 Å². The van der Waals surface area contributed by atoms with Gasteiger partial charge < -0.3 is 10.4 Å². The first-order chi connectivity index (χ1) is 9.31. The van der Waals surface area contributed by atoms with Crippen molar-refractivity contribution in [3.63, 3.8) is 0 Å². The van der Waals surface area contributed by atoms with Gasteiger partial charge in [0.05, 0.1) is 4.92 Å². The molecular weight excluding hydrogens is 264 g/mol. The zero-order valence-electron chi connectivity index (χ0n) is 11.2. The second kappa shape index (κ2) is 6.65. The fourth-order valence-electron chi connectivity index (χ4n) is 1.70. The molecule has 0 saturated carbocycles. The number of carbonyl (C=O) groups excluding carboxylic acids is 1. The minimum absolute atomic E-state index is 0.0641. The molecule has 0 aromatic heterocycles. The van der Waals surface area contributed by atoms with Gasteiger partial charge in [-0.15, -0.1) is 0 Å². The number of carbonyl (C=O) groups is 2. The smallest absolute Gasteiger partial charge is 0.326 e. The van der Waals surface area contributed by atoms with Crippen LogP contribution in [0, 0.1) is 16.0 Å². The fraction of sp³-hybridized carbons (Fsp3) is 0.385. The van der Waals surface area contributed by atoms with Crippen molar-refractivity contribution in [2.75, 3.05) is 0 Å². The maximum atomic E-state index is 11.9. The Morgan fingerprint density at radius 1 is 1.40 bits per heavy atom. The molecule has 1 rings (SSSR count). The number of carboxylic acid groups (broad SMARTS) is 1. The summed E-state index contributed by atoms with van der Waals surface area (Å²) in [5.74, 6) is -1.67. The molecule has 0 spiro atoms. The summed E-state index contributed by atoms with van der Waals surface area (Å²) in [6.45, 7) is 3.69. The lowest BCUT2D eigenvalue weighted by molar-refractivity contribution is -0.384. The highest BCUT2D eigenvalue weighted by Gasteiger charge is 2.22. The van der Waals surface area contributed by atoms with Gasteiger partial charge in [-0.1, -0.05) is 19.9 Å². The van der Waals surface area contributed by atoms with Crippen molar-refractivity contribution in [3.05, 3.63) is 39.9 Å². The van der Waals surface area contributed by atoms with Crippen LogP contribution in [0.5, 0.6) is 0 Å². The molecule has 1 unspecified atom stereocenters. The number of benzene rings is 1. The zero-order valence-corrected chi connectivity index (χ0v) is 11.2. The number of nitro groups is 1. The summed E-state index contributed by atoms with van der Waals surface area (Å²) in [4.78, 5) is 33.0. The van der Waals surface area contributed by atoms with E-state index in [1.807, 2.05) is 13.8 Å². The van der Waals surface area contributed by atoms with E-state index in [9.17, 15) is 19.7 Å². The molecule has 0 bridgehead atoms. The van der Waals surface area contributed by atoms with Crippen LogP contribution in [0.4, 0.5) is 5.69 Å². The Bertz CT molecular complexity index is 527. The first-order valence-electron chi connectivity index (χ1n) is 6.09. The predicted octanol–water partition coefficient (Wildman–Crippen LogP) is 1.82. The van der Waals surface area contributed by atoms with E-state index in [0.717, 1.165) is 6.07 Å². The van der Waals surface area contributed by atoms with E-state index < -0.39 is 22.8 Å². The first kappa shape index (κ1) is 15.6. The highest BCUT2D eigenvalue weighted by molar-refractivity contribution is 5.97. The predicted molar refractivity (Wildman–Crippen MR) is 71.4 cm³/mol. The number of rotatable bonds is 6. The van der Waals surface area contributed by atoms with Crippen LogP contribution < -0.4 is 5.32 Å². The highest BCUT2D eigenvalue weighted by atomic mass is 16.6. The number of hydrogen-bond donors (Lipinski definition) is 2. The van der Waals surface area contributed by atoms with E-state index in [1.165, 1.54) is 18.2 Å². The number of carboxylic acids is 1. The monoisotopic (exact) mass is 280 g/mol. The number of amides is 1. The van der Waals surface area contributed by atoms with Crippen molar-refractivity contribution >= 4 is 17.6 Å². The minimum atomic E-state index is -1.13. The van der Waals surface area contributed by atoms with Crippen molar-refractivity contribution < 1.29 is 19.6 Å². The molecule has 7 heteroatoms. The molecule has 1 aromatic carbocycles. The second-order valence-corrected chi connectivity index (χ2v) is 4.80. The third-order valence-corrected chi connectivity index (χ3v) is 2.63. The average molecular weight is 280 g/mol. The van der Waals surface area contributed by atoms with Crippen molar-refractivity contribution in [3.8, 4) is 0 Å². The molecule has 7 nitrogen and oxygen atoms in total. The van der Waals surface area contributed by atoms with Crippen molar-refractivity contribution in [1.29, 1.82) is 0 Å². The Balaban J connectivity index is 2.86. The van der Waals surface area contributed by atoms with Crippen LogP contribution in [0.25, 0.3) is 0 Å². The van der Waals surface area contributed by atoms with Gasteiger partial charge in [-0.25, -0.2) is 4.79 Å². The molecule has 20 heavy (non-hydrogen) atoms. The summed E-state index contributed by atoms with van der Waals surface area (Å²) in [5.41, 5.74) is -0.150. The van der Waals surface area contributed by atoms with E-state index in [1.54, 1.807) is 0 Å². The van der Waals surface area contributed by atoms with Crippen LogP contribution in [-0.4, -0.2) is 27.9 Å². The number of nitrogens with zero attached hydrogens (tertiary/aromatic N) is 1. The van der Waals surface area contributed by atoms with Gasteiger partial charge in [-0.3, -0.25) is 14.9 Å². The minimum Gasteiger partial charge on any atom is -0.480 e. The quantitative estimate of drug-likeness (QED) is 0.610. The number of nitro benzene ring substituents is 1. The number of nitrogens with one attached hydrogen (secondary N) is 1. The normalized spacial score (nSPS) is 11.9. The fourth-order valence-corrected chi connectivity index (χ4v) is 1.70. The van der Waals surface area contributed by atoms with Crippen molar-refractivity contribution in [2.45, 2.75) is 26.3 Å². The van der Waals surface area contributed by atoms with Crippen molar-refractivity contribution in [2.24, 2.45) is 5.92 Å². The summed E-state index contributed by atoms with van der Waals surface area (Å²) >= 11 is 0. The van der Waals surface area contributed by atoms with E-state index in [2.05, 4.69) is 5.32 Å². The maximum Gasteiger partial charge on any atom is 0.326 e. The number of hydrogen-bond acceptors (Lipinski definition) is 4. The molecule has 2 N–H and O–H groups in total. The molecule has 108 valence electrons. The molecule has 0 aliphatic carbocycles. The largest absolute Gasteiger partial charge is 0.480 e. The summed E-state index contributed by atoms with van der Waals surface area (Å²) in [6.07, 6.45) is 0.288. The Labute approximate surface area is 115 Å². The van der Waals surface area contributed by atoms with Crippen LogP contribution in [0.15, 0.2) is 24.3 Å². The van der Waals surface area contributed by atoms with E-state index >= 15 is 0 Å². The Kier molecular flexibility index (Phi) is 5.19. The summed E-state index contributed by atoms with van der Waals surface area (Å²) in [5, 5.41) is 22.0. The Morgan fingerprint density at radius 2 is 2.05 bits per heavy atom. The standard InChI is InChI=1S/C13H16N2O5/c1-8(2)6-11(13(17)18)14-12(16)9-4-3-5-10(7-9)15(19)20/h3-5,7-8,11H,6H2,1-2H3,(H,14,16)(H,17,18). The first-order valence-corrected chi connectivity index (χ1v) is 6.09. The summed E-state index contributed by atoms with van der Waals surface area (Å²) < 4.78 is 0. The number of non-ortho nitro benzene ring substituents is 1. The van der Waals surface area contributed by atoms with Gasteiger partial charge in [0.15, 0.2) is 0 Å². The molecule has 0 fully saturated rings. The average Bonchev–Trinajstić information content (AvgIpc) is 2.37. The second-order valence-electron chi connectivity index (χ2n) is 4.80. The lowest BCUT2D eigenvalue weighted by Gasteiger charge is -2.16. The summed E-state index contributed by atoms with van der Waals surface area (Å²) in [7, 11) is 0. The molecule has 0 aliphatic rings. The van der Waals surface area contributed by atoms with Crippen LogP contribution in [0.1, 0.15) is 30.6 Å². The molecule has 0 heterocycles. The summed E-state index contributed by atoms with van der Waals surface area (Å²) in [6, 6.07) is 4.15. The molecule has 0 radical (unpaired) electrons. The van der Waals surface area contributed by atoms with Gasteiger partial charge in [-0.2, -0.15) is 0 Å². The van der Waals surface area contributed by atoms with E-state index in [0.29, 0.717) is 0 Å². The topological polar surface area (TPSA) is 110 Å². The highest BCUT2D eigenvalue weighted by Crippen LogP contribution is 2.13. The van der Waals surface area contributed by atoms with Gasteiger partial charge in [0.25, 0.3) is 11.6 Å². The van der Waals surface area contributed by atoms with Crippen molar-refractivity contribution in [1.82, 2.24) is 5.32 Å². The lowest BCUT2D eigenvalue weighted by atomic mass is 10.0. The SMILES string of the molecule is CC(C)CC(NC(=O)c1cccc([N+](=O)[O-])c1)C(=O)O.